The molecule has 1 aromatic carbocycles. The van der Waals surface area contributed by atoms with Crippen LogP contribution in [-0.2, 0) is 12.8 Å². The van der Waals surface area contributed by atoms with E-state index in [9.17, 15) is 4.39 Å². The van der Waals surface area contributed by atoms with Gasteiger partial charge in [-0.2, -0.15) is 9.65 Å². The Bertz CT molecular complexity index is 844. The van der Waals surface area contributed by atoms with E-state index in [-0.39, 0.29) is 0 Å². The van der Waals surface area contributed by atoms with Crippen molar-refractivity contribution in [2.75, 3.05) is 0 Å². The summed E-state index contributed by atoms with van der Waals surface area (Å²) in [5, 5.41) is 8.44. The SMILES string of the molecule is CCCCCCCc1ccc(CCCCC2CCC(C3CCC(CCC=CC=C(F)C#N)CC3)CC2)cc1. The molecule has 38 heavy (non-hydrogen) atoms. The molecule has 1 nitrogen and oxygen atoms in total. The number of allylic oxidation sites excluding steroid dienone is 4. The van der Waals surface area contributed by atoms with Crippen molar-refractivity contribution in [3.63, 3.8) is 0 Å². The molecule has 210 valence electrons. The van der Waals surface area contributed by atoms with Gasteiger partial charge in [-0.15, -0.1) is 0 Å². The number of hydrogen-bond acceptors (Lipinski definition) is 1. The summed E-state index contributed by atoms with van der Waals surface area (Å²) >= 11 is 0. The third-order valence-corrected chi connectivity index (χ3v) is 9.60. The summed E-state index contributed by atoms with van der Waals surface area (Å²) in [6, 6.07) is 11.0. The van der Waals surface area contributed by atoms with E-state index in [1.165, 1.54) is 145 Å². The average Bonchev–Trinajstić information content (AvgIpc) is 2.96. The normalized spacial score (nSPS) is 24.5. The number of hydrogen-bond donors (Lipinski definition) is 0. The lowest BCUT2D eigenvalue weighted by atomic mass is 9.68. The van der Waals surface area contributed by atoms with E-state index >= 15 is 0 Å². The van der Waals surface area contributed by atoms with Crippen LogP contribution in [0, 0.1) is 35.0 Å². The van der Waals surface area contributed by atoms with E-state index in [0.717, 1.165) is 30.1 Å². The molecule has 0 radical (unpaired) electrons. The van der Waals surface area contributed by atoms with Gasteiger partial charge in [0.15, 0.2) is 5.83 Å². The molecule has 0 aromatic heterocycles. The molecule has 0 atom stereocenters. The highest BCUT2D eigenvalue weighted by Gasteiger charge is 2.30. The molecule has 2 aliphatic carbocycles. The zero-order valence-corrected chi connectivity index (χ0v) is 24.3. The highest BCUT2D eigenvalue weighted by Crippen LogP contribution is 2.43. The number of nitrogens with zero attached hydrogens (tertiary/aromatic N) is 1. The van der Waals surface area contributed by atoms with Crippen LogP contribution >= 0.6 is 0 Å². The maximum Gasteiger partial charge on any atom is 0.199 e. The first-order valence-corrected chi connectivity index (χ1v) is 16.2. The molecule has 0 saturated heterocycles. The van der Waals surface area contributed by atoms with Gasteiger partial charge < -0.3 is 0 Å². The summed E-state index contributed by atoms with van der Waals surface area (Å²) in [6.45, 7) is 2.28. The van der Waals surface area contributed by atoms with Crippen molar-refractivity contribution in [2.45, 2.75) is 135 Å². The zero-order chi connectivity index (χ0) is 26.8. The monoisotopic (exact) mass is 519 g/mol. The first kappa shape index (κ1) is 30.7. The smallest absolute Gasteiger partial charge is 0.195 e. The van der Waals surface area contributed by atoms with Crippen LogP contribution in [0.25, 0.3) is 0 Å². The Morgan fingerprint density at radius 3 is 1.84 bits per heavy atom. The molecule has 0 N–H and O–H groups in total. The molecule has 0 bridgehead atoms. The van der Waals surface area contributed by atoms with E-state index < -0.39 is 5.83 Å². The van der Waals surface area contributed by atoms with Crippen LogP contribution in [0.4, 0.5) is 4.39 Å². The number of nitriles is 1. The standard InChI is InChI=1S/C36H54FN/c1-2-3-4-5-7-12-30-17-19-31(20-18-30)14-10-11-15-33-23-27-35(28-24-33)34-25-21-32(22-26-34)13-8-6-9-16-36(37)29-38/h6,9,16-20,32-35H,2-5,7-8,10-15,21-28H2,1H3. The van der Waals surface area contributed by atoms with Crippen LogP contribution in [0.1, 0.15) is 134 Å². The highest BCUT2D eigenvalue weighted by atomic mass is 19.1. The molecule has 0 amide bonds. The largest absolute Gasteiger partial charge is 0.199 e. The minimum Gasteiger partial charge on any atom is -0.195 e. The van der Waals surface area contributed by atoms with Gasteiger partial charge in [-0.25, -0.2) is 0 Å². The Kier molecular flexibility index (Phi) is 14.9. The van der Waals surface area contributed by atoms with Crippen molar-refractivity contribution >= 4 is 0 Å². The van der Waals surface area contributed by atoms with Gasteiger partial charge in [0, 0.05) is 0 Å². The van der Waals surface area contributed by atoms with Crippen molar-refractivity contribution in [1.82, 2.24) is 0 Å². The fourth-order valence-corrected chi connectivity index (χ4v) is 7.08. The Morgan fingerprint density at radius 2 is 1.29 bits per heavy atom. The van der Waals surface area contributed by atoms with Crippen LogP contribution in [-0.4, -0.2) is 0 Å². The van der Waals surface area contributed by atoms with Gasteiger partial charge in [0.05, 0.1) is 0 Å². The fraction of sp³-hybridized carbons (Fsp3) is 0.694. The minimum absolute atomic E-state index is 0.708. The van der Waals surface area contributed by atoms with Gasteiger partial charge >= 0.3 is 0 Å². The number of unbranched alkanes of at least 4 members (excludes halogenated alkanes) is 5. The van der Waals surface area contributed by atoms with Gasteiger partial charge in [0.25, 0.3) is 0 Å². The second-order valence-corrected chi connectivity index (χ2v) is 12.4. The summed E-state index contributed by atoms with van der Waals surface area (Å²) in [5.74, 6) is 3.06. The predicted octanol–water partition coefficient (Wildman–Crippen LogP) is 11.2. The molecule has 1 aromatic rings. The van der Waals surface area contributed by atoms with E-state index in [1.807, 2.05) is 6.08 Å². The topological polar surface area (TPSA) is 23.8 Å². The molecule has 2 fully saturated rings. The first-order valence-electron chi connectivity index (χ1n) is 16.2. The summed E-state index contributed by atoms with van der Waals surface area (Å²) in [6.07, 6.45) is 32.2. The lowest BCUT2D eigenvalue weighted by Crippen LogP contribution is -2.25. The Labute approximate surface area is 234 Å². The third kappa shape index (κ3) is 11.9. The van der Waals surface area contributed by atoms with Gasteiger partial charge in [0.2, 0.25) is 0 Å². The van der Waals surface area contributed by atoms with E-state index in [4.69, 9.17) is 5.26 Å². The predicted molar refractivity (Wildman–Crippen MR) is 161 cm³/mol. The number of aryl methyl sites for hydroxylation is 2. The quantitative estimate of drug-likeness (QED) is 0.121. The number of halogens is 1. The van der Waals surface area contributed by atoms with Gasteiger partial charge in [-0.3, -0.25) is 0 Å². The number of rotatable bonds is 16. The molecular formula is C36H54FN. The van der Waals surface area contributed by atoms with Crippen LogP contribution in [0.15, 0.2) is 48.3 Å². The summed E-state index contributed by atoms with van der Waals surface area (Å²) < 4.78 is 12.8. The Morgan fingerprint density at radius 1 is 0.763 bits per heavy atom. The van der Waals surface area contributed by atoms with Crippen LogP contribution in [0.3, 0.4) is 0 Å². The molecule has 2 aliphatic rings. The van der Waals surface area contributed by atoms with Crippen LogP contribution in [0.5, 0.6) is 0 Å². The maximum atomic E-state index is 12.8. The third-order valence-electron chi connectivity index (χ3n) is 9.60. The van der Waals surface area contributed by atoms with Gasteiger partial charge in [0.1, 0.15) is 6.07 Å². The lowest BCUT2D eigenvalue weighted by Gasteiger charge is -2.38. The second kappa shape index (κ2) is 18.4. The molecule has 0 heterocycles. The van der Waals surface area contributed by atoms with E-state index in [1.54, 1.807) is 6.08 Å². The highest BCUT2D eigenvalue weighted by molar-refractivity contribution is 5.22. The Hall–Kier alpha value is -1.88. The molecule has 2 heteroatoms. The fourth-order valence-electron chi connectivity index (χ4n) is 7.08. The van der Waals surface area contributed by atoms with E-state index in [2.05, 4.69) is 31.2 Å². The van der Waals surface area contributed by atoms with Gasteiger partial charge in [-0.05, 0) is 105 Å². The molecule has 3 rings (SSSR count). The molecule has 0 unspecified atom stereocenters. The number of benzene rings is 1. The van der Waals surface area contributed by atoms with Crippen molar-refractivity contribution in [3.05, 3.63) is 59.4 Å². The summed E-state index contributed by atoms with van der Waals surface area (Å²) in [7, 11) is 0. The van der Waals surface area contributed by atoms with Crippen LogP contribution < -0.4 is 0 Å². The zero-order valence-electron chi connectivity index (χ0n) is 24.3. The van der Waals surface area contributed by atoms with Crippen molar-refractivity contribution in [2.24, 2.45) is 23.7 Å². The van der Waals surface area contributed by atoms with Crippen LogP contribution in [0.2, 0.25) is 0 Å². The average molecular weight is 520 g/mol. The maximum absolute atomic E-state index is 12.8. The second-order valence-electron chi connectivity index (χ2n) is 12.4. The van der Waals surface area contributed by atoms with Gasteiger partial charge in [-0.1, -0.05) is 108 Å². The molecule has 2 saturated carbocycles. The minimum atomic E-state index is -0.708. The molecule has 0 aliphatic heterocycles. The Balaban J connectivity index is 1.21. The molecular weight excluding hydrogens is 465 g/mol. The van der Waals surface area contributed by atoms with Crippen molar-refractivity contribution < 1.29 is 4.39 Å². The first-order chi connectivity index (χ1) is 18.7. The van der Waals surface area contributed by atoms with E-state index in [0.29, 0.717) is 0 Å². The lowest BCUT2D eigenvalue weighted by molar-refractivity contribution is 0.140. The van der Waals surface area contributed by atoms with Crippen molar-refractivity contribution in [3.8, 4) is 6.07 Å². The molecule has 0 spiro atoms. The van der Waals surface area contributed by atoms with Crippen molar-refractivity contribution in [1.29, 1.82) is 5.26 Å². The summed E-state index contributed by atoms with van der Waals surface area (Å²) in [4.78, 5) is 0. The summed E-state index contributed by atoms with van der Waals surface area (Å²) in [5.41, 5.74) is 3.05.